The summed E-state index contributed by atoms with van der Waals surface area (Å²) in [5, 5.41) is 28.5. The van der Waals surface area contributed by atoms with Gasteiger partial charge in [0.1, 0.15) is 18.0 Å². The second-order valence-corrected chi connectivity index (χ2v) is 9.15. The molecule has 0 bridgehead atoms. The molecule has 0 unspecified atom stereocenters. The van der Waals surface area contributed by atoms with Gasteiger partial charge >= 0.3 is 6.09 Å². The van der Waals surface area contributed by atoms with Crippen molar-refractivity contribution in [2.24, 2.45) is 0 Å². The monoisotopic (exact) mass is 484 g/mol. The molecular weight excluding hydrogens is 456 g/mol. The average molecular weight is 485 g/mol. The molecule has 0 aliphatic heterocycles. The van der Waals surface area contributed by atoms with Crippen LogP contribution in [0.15, 0.2) is 54.7 Å². The van der Waals surface area contributed by atoms with Crippen LogP contribution < -0.4 is 9.64 Å². The minimum absolute atomic E-state index is 0.0661. The fourth-order valence-corrected chi connectivity index (χ4v) is 3.53. The van der Waals surface area contributed by atoms with Gasteiger partial charge in [0.05, 0.1) is 42.6 Å². The Morgan fingerprint density at radius 3 is 2.36 bits per heavy atom. The van der Waals surface area contributed by atoms with E-state index in [0.29, 0.717) is 39.4 Å². The molecule has 1 amide bonds. The summed E-state index contributed by atoms with van der Waals surface area (Å²) in [7, 11) is 0. The number of hydrogen-bond donors (Lipinski definition) is 1. The number of ether oxygens (including phenoxy) is 2. The van der Waals surface area contributed by atoms with Gasteiger partial charge < -0.3 is 14.6 Å². The van der Waals surface area contributed by atoms with Gasteiger partial charge in [-0.05, 0) is 69.7 Å². The van der Waals surface area contributed by atoms with Crippen molar-refractivity contribution < 1.29 is 19.4 Å². The first-order chi connectivity index (χ1) is 17.1. The fourth-order valence-electron chi connectivity index (χ4n) is 3.53. The van der Waals surface area contributed by atoms with Crippen LogP contribution in [0.2, 0.25) is 0 Å². The lowest BCUT2D eigenvalue weighted by molar-refractivity contribution is 0.0577. The number of benzene rings is 2. The third kappa shape index (κ3) is 6.59. The SMILES string of the molecule is Cc1ncc(OCc2cccc(C#N)c2)c(CO)c1CN(C(=O)OC(C)(C)C)c1ccc(C#N)cc1. The van der Waals surface area contributed by atoms with Crippen LogP contribution >= 0.6 is 0 Å². The van der Waals surface area contributed by atoms with Crippen LogP contribution in [0.25, 0.3) is 0 Å². The molecule has 1 aromatic heterocycles. The molecule has 8 heteroatoms. The zero-order valence-electron chi connectivity index (χ0n) is 20.8. The van der Waals surface area contributed by atoms with Crippen LogP contribution in [0.3, 0.4) is 0 Å². The van der Waals surface area contributed by atoms with Gasteiger partial charge in [0.25, 0.3) is 0 Å². The van der Waals surface area contributed by atoms with Gasteiger partial charge in [-0.25, -0.2) is 4.79 Å². The van der Waals surface area contributed by atoms with Crippen molar-refractivity contribution >= 4 is 11.8 Å². The Morgan fingerprint density at radius 2 is 1.75 bits per heavy atom. The Bertz CT molecular complexity index is 1320. The molecule has 0 aliphatic carbocycles. The lowest BCUT2D eigenvalue weighted by atomic mass is 10.1. The number of rotatable bonds is 7. The first-order valence-electron chi connectivity index (χ1n) is 11.4. The smallest absolute Gasteiger partial charge is 0.415 e. The number of aliphatic hydroxyl groups excluding tert-OH is 1. The molecule has 0 saturated carbocycles. The minimum Gasteiger partial charge on any atom is -0.487 e. The number of amides is 1. The summed E-state index contributed by atoms with van der Waals surface area (Å²) < 4.78 is 11.6. The Labute approximate surface area is 211 Å². The van der Waals surface area contributed by atoms with Gasteiger partial charge in [0, 0.05) is 22.5 Å². The maximum Gasteiger partial charge on any atom is 0.415 e. The Kier molecular flexibility index (Phi) is 8.26. The van der Waals surface area contributed by atoms with Gasteiger partial charge in [-0.2, -0.15) is 10.5 Å². The van der Waals surface area contributed by atoms with E-state index in [9.17, 15) is 9.90 Å². The molecule has 0 fully saturated rings. The first kappa shape index (κ1) is 26.2. The number of carbonyl (C=O) groups excluding carboxylic acids is 1. The van der Waals surface area contributed by atoms with Gasteiger partial charge in [0.15, 0.2) is 0 Å². The van der Waals surface area contributed by atoms with Crippen molar-refractivity contribution in [3.05, 3.63) is 88.2 Å². The number of anilines is 1. The zero-order valence-corrected chi connectivity index (χ0v) is 20.8. The predicted octanol–water partition coefficient (Wildman–Crippen LogP) is 5.15. The van der Waals surface area contributed by atoms with Crippen LogP contribution in [0.4, 0.5) is 10.5 Å². The standard InChI is InChI=1S/C28H28N4O4/c1-19-24(16-32(27(34)36-28(2,3)4)23-10-8-20(13-29)9-11-23)25(17-33)26(15-31-19)35-18-22-7-5-6-21(12-22)14-30/h5-12,15,33H,16-18H2,1-4H3. The number of aliphatic hydroxyl groups is 1. The average Bonchev–Trinajstić information content (AvgIpc) is 2.86. The normalized spacial score (nSPS) is 10.8. The Morgan fingerprint density at radius 1 is 1.06 bits per heavy atom. The first-order valence-corrected chi connectivity index (χ1v) is 11.4. The van der Waals surface area contributed by atoms with Gasteiger partial charge in [-0.15, -0.1) is 0 Å². The van der Waals surface area contributed by atoms with E-state index in [4.69, 9.17) is 20.0 Å². The quantitative estimate of drug-likeness (QED) is 0.493. The molecule has 184 valence electrons. The third-order valence-electron chi connectivity index (χ3n) is 5.32. The Balaban J connectivity index is 1.96. The maximum absolute atomic E-state index is 13.2. The van der Waals surface area contributed by atoms with E-state index in [1.165, 1.54) is 11.1 Å². The van der Waals surface area contributed by atoms with Crippen molar-refractivity contribution in [2.75, 3.05) is 4.90 Å². The highest BCUT2D eigenvalue weighted by molar-refractivity contribution is 5.88. The number of hydrogen-bond acceptors (Lipinski definition) is 7. The molecule has 0 radical (unpaired) electrons. The van der Waals surface area contributed by atoms with Crippen LogP contribution in [-0.4, -0.2) is 21.8 Å². The number of nitrogens with zero attached hydrogens (tertiary/aromatic N) is 4. The van der Waals surface area contributed by atoms with E-state index in [1.54, 1.807) is 70.2 Å². The van der Waals surface area contributed by atoms with Gasteiger partial charge in [0.2, 0.25) is 0 Å². The van der Waals surface area contributed by atoms with Crippen LogP contribution in [-0.2, 0) is 24.5 Å². The molecule has 3 rings (SSSR count). The van der Waals surface area contributed by atoms with Crippen molar-refractivity contribution in [3.63, 3.8) is 0 Å². The van der Waals surface area contributed by atoms with Gasteiger partial charge in [-0.3, -0.25) is 9.88 Å². The topological polar surface area (TPSA) is 119 Å². The number of nitriles is 2. The molecule has 1 N–H and O–H groups in total. The summed E-state index contributed by atoms with van der Waals surface area (Å²) in [6, 6.07) is 17.8. The van der Waals surface area contributed by atoms with Gasteiger partial charge in [-0.1, -0.05) is 12.1 Å². The molecule has 36 heavy (non-hydrogen) atoms. The molecule has 0 aliphatic rings. The van der Waals surface area contributed by atoms with Crippen LogP contribution in [0.1, 0.15) is 54.3 Å². The zero-order chi connectivity index (χ0) is 26.3. The van der Waals surface area contributed by atoms with Crippen LogP contribution in [0, 0.1) is 29.6 Å². The van der Waals surface area contributed by atoms with E-state index in [-0.39, 0.29) is 19.8 Å². The molecule has 3 aromatic rings. The third-order valence-corrected chi connectivity index (χ3v) is 5.32. The van der Waals surface area contributed by atoms with E-state index in [0.717, 1.165) is 5.56 Å². The van der Waals surface area contributed by atoms with Crippen molar-refractivity contribution in [2.45, 2.75) is 53.1 Å². The lowest BCUT2D eigenvalue weighted by Gasteiger charge is -2.29. The molecule has 2 aromatic carbocycles. The Hall–Kier alpha value is -4.40. The minimum atomic E-state index is -0.724. The maximum atomic E-state index is 13.2. The molecular formula is C28H28N4O4. The molecule has 8 nitrogen and oxygen atoms in total. The van der Waals surface area contributed by atoms with E-state index < -0.39 is 11.7 Å². The second kappa shape index (κ2) is 11.4. The summed E-state index contributed by atoms with van der Waals surface area (Å²) in [6.07, 6.45) is 0.966. The van der Waals surface area contributed by atoms with E-state index in [1.807, 2.05) is 6.07 Å². The number of carbonyl (C=O) groups is 1. The van der Waals surface area contributed by atoms with Crippen molar-refractivity contribution in [1.29, 1.82) is 10.5 Å². The number of aromatic nitrogens is 1. The highest BCUT2D eigenvalue weighted by atomic mass is 16.6. The molecule has 0 spiro atoms. The van der Waals surface area contributed by atoms with Crippen LogP contribution in [0.5, 0.6) is 5.75 Å². The largest absolute Gasteiger partial charge is 0.487 e. The summed E-state index contributed by atoms with van der Waals surface area (Å²) in [5.41, 5.74) is 3.35. The fraction of sp³-hybridized carbons (Fsp3) is 0.286. The highest BCUT2D eigenvalue weighted by Gasteiger charge is 2.26. The molecule has 0 atom stereocenters. The second-order valence-electron chi connectivity index (χ2n) is 9.15. The van der Waals surface area contributed by atoms with E-state index >= 15 is 0 Å². The highest BCUT2D eigenvalue weighted by Crippen LogP contribution is 2.29. The van der Waals surface area contributed by atoms with Crippen molar-refractivity contribution in [1.82, 2.24) is 4.98 Å². The lowest BCUT2D eigenvalue weighted by Crippen LogP contribution is -2.37. The summed E-state index contributed by atoms with van der Waals surface area (Å²) >= 11 is 0. The summed E-state index contributed by atoms with van der Waals surface area (Å²) in [4.78, 5) is 19.1. The van der Waals surface area contributed by atoms with Crippen molar-refractivity contribution in [3.8, 4) is 17.9 Å². The molecule has 1 heterocycles. The summed E-state index contributed by atoms with van der Waals surface area (Å²) in [5.74, 6) is 0.379. The molecule has 0 saturated heterocycles. The summed E-state index contributed by atoms with van der Waals surface area (Å²) in [6.45, 7) is 7.05. The van der Waals surface area contributed by atoms with E-state index in [2.05, 4.69) is 17.1 Å². The number of pyridine rings is 1. The number of aryl methyl sites for hydroxylation is 1. The predicted molar refractivity (Wildman–Crippen MR) is 134 cm³/mol.